The predicted molar refractivity (Wildman–Crippen MR) is 249 cm³/mol. The van der Waals surface area contributed by atoms with E-state index in [1.807, 2.05) is 34.0 Å². The molecular weight excluding hydrogens is 863 g/mol. The Morgan fingerprint density at radius 2 is 1.15 bits per heavy atom. The van der Waals surface area contributed by atoms with Gasteiger partial charge in [-0.1, -0.05) is 59.7 Å². The summed E-state index contributed by atoms with van der Waals surface area (Å²) >= 11 is 3.24. The van der Waals surface area contributed by atoms with Crippen LogP contribution < -0.4 is 20.9 Å². The van der Waals surface area contributed by atoms with Gasteiger partial charge in [0, 0.05) is 38.6 Å². The van der Waals surface area contributed by atoms with Gasteiger partial charge in [-0.15, -0.1) is 0 Å². The lowest BCUT2D eigenvalue weighted by molar-refractivity contribution is -0.127. The predicted octanol–water partition coefficient (Wildman–Crippen LogP) is 7.21. The van der Waals surface area contributed by atoms with Crippen LogP contribution >= 0.6 is 15.9 Å². The van der Waals surface area contributed by atoms with Crippen LogP contribution in [0, 0.1) is 10.8 Å². The van der Waals surface area contributed by atoms with Gasteiger partial charge >= 0.3 is 7.12 Å². The largest absolute Gasteiger partial charge is 0.486 e. The van der Waals surface area contributed by atoms with Gasteiger partial charge in [0.1, 0.15) is 4.60 Å². The van der Waals surface area contributed by atoms with Crippen LogP contribution in [0.4, 0.5) is 11.6 Å². The highest BCUT2D eigenvalue weighted by Crippen LogP contribution is 2.41. The van der Waals surface area contributed by atoms with Gasteiger partial charge in [-0.05, 0) is 86.0 Å². The Kier molecular flexibility index (Phi) is 14.6. The Morgan fingerprint density at radius 3 is 1.57 bits per heavy atom. The summed E-state index contributed by atoms with van der Waals surface area (Å²) in [5.74, 6) is 2.97. The molecule has 0 radical (unpaired) electrons. The highest BCUT2D eigenvalue weighted by molar-refractivity contribution is 9.10. The normalized spacial score (nSPS) is 21.5. The molecule has 7 heterocycles. The number of aromatic amines is 2. The number of hydrogen-bond acceptors (Lipinski definition) is 12. The van der Waals surface area contributed by atoms with Crippen molar-refractivity contribution >= 4 is 57.4 Å². The van der Waals surface area contributed by atoms with Crippen molar-refractivity contribution < 1.29 is 27.6 Å². The molecule has 5 fully saturated rings. The van der Waals surface area contributed by atoms with Gasteiger partial charge in [-0.25, -0.2) is 9.97 Å². The zero-order valence-corrected chi connectivity index (χ0v) is 42.1. The van der Waals surface area contributed by atoms with E-state index in [-0.39, 0.29) is 44.9 Å². The minimum Gasteiger partial charge on any atom is -0.413 e. The molecule has 2 aromatic heterocycles. The molecule has 334 valence electrons. The van der Waals surface area contributed by atoms with E-state index in [0.717, 1.165) is 58.3 Å². The van der Waals surface area contributed by atoms with Crippen molar-refractivity contribution in [1.29, 1.82) is 0 Å². The second-order valence-corrected chi connectivity index (χ2v) is 31.6. The van der Waals surface area contributed by atoms with Crippen LogP contribution in [0.1, 0.15) is 74.9 Å². The fourth-order valence-corrected chi connectivity index (χ4v) is 8.69. The van der Waals surface area contributed by atoms with Gasteiger partial charge < -0.3 is 47.4 Å². The molecule has 0 saturated carbocycles. The van der Waals surface area contributed by atoms with Gasteiger partial charge in [-0.2, -0.15) is 0 Å². The van der Waals surface area contributed by atoms with Crippen LogP contribution in [-0.2, 0) is 27.6 Å². The zero-order valence-electron chi connectivity index (χ0n) is 38.5. The van der Waals surface area contributed by atoms with Crippen LogP contribution in [0.2, 0.25) is 36.3 Å². The van der Waals surface area contributed by atoms with E-state index < -0.39 is 16.6 Å². The number of rotatable bonds is 10. The van der Waals surface area contributed by atoms with Crippen molar-refractivity contribution in [1.82, 2.24) is 19.9 Å². The smallest absolute Gasteiger partial charge is 0.413 e. The first-order valence-corrected chi connectivity index (χ1v) is 27.7. The third-order valence-electron chi connectivity index (χ3n) is 13.4. The van der Waals surface area contributed by atoms with Crippen molar-refractivity contribution in [3.63, 3.8) is 0 Å². The van der Waals surface area contributed by atoms with E-state index in [0.29, 0.717) is 34.9 Å². The maximum absolute atomic E-state index is 12.1. The lowest BCUT2D eigenvalue weighted by atomic mass is 9.78. The minimum atomic E-state index is -1.74. The third kappa shape index (κ3) is 11.4. The first kappa shape index (κ1) is 48.6. The quantitative estimate of drug-likeness (QED) is 0.232. The summed E-state index contributed by atoms with van der Waals surface area (Å²) in [6, 6.07) is 0. The molecule has 0 amide bonds. The molecule has 0 bridgehead atoms. The van der Waals surface area contributed by atoms with Gasteiger partial charge in [0.05, 0.1) is 67.4 Å². The average Bonchev–Trinajstić information content (AvgIpc) is 3.26. The topological polar surface area (TPSA) is 153 Å². The van der Waals surface area contributed by atoms with Gasteiger partial charge in [0.2, 0.25) is 0 Å². The van der Waals surface area contributed by atoms with Gasteiger partial charge in [0.15, 0.2) is 28.3 Å². The van der Waals surface area contributed by atoms with Crippen molar-refractivity contribution in [2.45, 2.75) is 117 Å². The number of nitrogens with one attached hydrogen (secondary N) is 2. The fraction of sp³-hybridized carbons (Fsp3) is 0.714. The molecule has 2 spiro atoms. The van der Waals surface area contributed by atoms with Gasteiger partial charge in [-0.3, -0.25) is 9.59 Å². The summed E-state index contributed by atoms with van der Waals surface area (Å²) in [5.41, 5.74) is 0.496. The molecule has 2 N–H and O–H groups in total. The van der Waals surface area contributed by atoms with Crippen LogP contribution in [0.25, 0.3) is 6.08 Å². The molecule has 7 rings (SSSR count). The zero-order chi connectivity index (χ0) is 44.6. The number of nitrogens with zero attached hydrogens (tertiary/aromatic N) is 4. The molecule has 0 aromatic carbocycles. The molecule has 14 nitrogen and oxygen atoms in total. The lowest BCUT2D eigenvalue weighted by Gasteiger charge is -2.55. The van der Waals surface area contributed by atoms with Crippen molar-refractivity contribution in [2.24, 2.45) is 10.8 Å². The fourth-order valence-electron chi connectivity index (χ4n) is 6.52. The Labute approximate surface area is 368 Å². The minimum absolute atomic E-state index is 0.131. The molecule has 0 atom stereocenters. The van der Waals surface area contributed by atoms with E-state index in [4.69, 9.17) is 27.6 Å². The SMILES string of the molecule is CC(C)(C)[Si](C)(C)OC/C=C/c1c[nH]c(=O)c(N2CC3(COC3)C2)n1.CC1(C)OB(/C=C/CO[Si](C)(C)C(C)(C)C)OC1(C)C.O=c1[nH]cc(Br)nc1N1CC2(COC2)C1. The monoisotopic (exact) mass is 932 g/mol. The Balaban J connectivity index is 0.000000176. The molecule has 18 heteroatoms. The van der Waals surface area contributed by atoms with E-state index in [2.05, 4.69) is 131 Å². The second kappa shape index (κ2) is 18.0. The third-order valence-corrected chi connectivity index (χ3v) is 22.8. The first-order chi connectivity index (χ1) is 27.6. The highest BCUT2D eigenvalue weighted by Gasteiger charge is 2.52. The number of H-pyrrole nitrogens is 2. The second-order valence-electron chi connectivity index (χ2n) is 21.1. The van der Waals surface area contributed by atoms with E-state index in [9.17, 15) is 9.59 Å². The summed E-state index contributed by atoms with van der Waals surface area (Å²) < 4.78 is 35.2. The Bertz CT molecular complexity index is 1950. The molecule has 5 aliphatic rings. The van der Waals surface area contributed by atoms with E-state index in [1.54, 1.807) is 12.4 Å². The number of hydrogen-bond donors (Lipinski definition) is 2. The van der Waals surface area contributed by atoms with E-state index >= 15 is 0 Å². The number of anilines is 2. The Morgan fingerprint density at radius 1 is 0.733 bits per heavy atom. The maximum atomic E-state index is 12.1. The standard InChI is InChI=1S/C18H29N3O3Si.C15H31BO3Si.C9H10BrN3O2/c1-17(2,3)25(4,5)24-8-6-7-14-9-19-16(22)15(20-14)21-10-18(11-21)12-23-13-18;1-13(2,3)20(8,9)17-12-10-11-16-18-14(4,5)15(6,7)19-16;10-6-1-11-8(14)7(12-6)13-2-9(3-13)4-15-5-9/h6-7,9H,8,10-13H2,1-5H3,(H,19,22);10-11H,12H2,1-9H3;1H,2-5H2,(H,11,14)/b7-6+;11-10+;. The molecule has 0 unspecified atom stereocenters. The van der Waals surface area contributed by atoms with Crippen LogP contribution in [0.5, 0.6) is 0 Å². The summed E-state index contributed by atoms with van der Waals surface area (Å²) in [6.45, 7) is 38.5. The van der Waals surface area contributed by atoms with Crippen molar-refractivity contribution in [2.75, 3.05) is 75.6 Å². The summed E-state index contributed by atoms with van der Waals surface area (Å²) in [4.78, 5) is 41.7. The molecule has 2 aromatic rings. The van der Waals surface area contributed by atoms with Crippen LogP contribution in [-0.4, -0.2) is 121 Å². The maximum Gasteiger partial charge on any atom is 0.486 e. The number of halogens is 1. The molecule has 5 saturated heterocycles. The number of ether oxygens (including phenoxy) is 2. The van der Waals surface area contributed by atoms with Gasteiger partial charge in [0.25, 0.3) is 11.1 Å². The highest BCUT2D eigenvalue weighted by atomic mass is 79.9. The molecular formula is C42H70BBrN6O8Si2. The molecule has 5 aliphatic heterocycles. The van der Waals surface area contributed by atoms with Crippen LogP contribution in [0.3, 0.4) is 0 Å². The first-order valence-electron chi connectivity index (χ1n) is 21.1. The summed E-state index contributed by atoms with van der Waals surface area (Å²) in [6.07, 6.45) is 9.10. The van der Waals surface area contributed by atoms with Crippen LogP contribution in [0.15, 0.2) is 44.7 Å². The molecule has 0 aliphatic carbocycles. The van der Waals surface area contributed by atoms with E-state index in [1.165, 1.54) is 0 Å². The summed E-state index contributed by atoms with van der Waals surface area (Å²) in [5, 5.41) is 0.439. The Hall–Kier alpha value is -2.42. The molecule has 60 heavy (non-hydrogen) atoms. The number of aromatic nitrogens is 4. The van der Waals surface area contributed by atoms with Crippen molar-refractivity contribution in [3.8, 4) is 0 Å². The lowest BCUT2D eigenvalue weighted by Crippen LogP contribution is -2.67. The van der Waals surface area contributed by atoms with Crippen molar-refractivity contribution in [3.05, 3.63) is 61.5 Å². The summed E-state index contributed by atoms with van der Waals surface area (Å²) in [7, 11) is -3.69. The average molecular weight is 934 g/mol.